The molecule has 2 N–H and O–H groups in total. The highest BCUT2D eigenvalue weighted by Gasteiger charge is 2.27. The van der Waals surface area contributed by atoms with Crippen molar-refractivity contribution in [3.8, 4) is 5.75 Å². The predicted molar refractivity (Wildman–Crippen MR) is 102 cm³/mol. The molecule has 0 aromatic heterocycles. The molecular formula is C20H19FN2O2S. The third-order valence-electron chi connectivity index (χ3n) is 4.18. The fourth-order valence-electron chi connectivity index (χ4n) is 2.91. The Morgan fingerprint density at radius 3 is 2.42 bits per heavy atom. The number of benzene rings is 2. The molecule has 0 spiro atoms. The zero-order chi connectivity index (χ0) is 18.7. The van der Waals surface area contributed by atoms with Crippen LogP contribution in [0, 0.1) is 5.82 Å². The van der Waals surface area contributed by atoms with Gasteiger partial charge in [-0.2, -0.15) is 0 Å². The highest BCUT2D eigenvalue weighted by Crippen LogP contribution is 2.28. The molecule has 1 unspecified atom stereocenters. The van der Waals surface area contributed by atoms with Crippen molar-refractivity contribution in [2.75, 3.05) is 0 Å². The molecule has 6 heteroatoms. The van der Waals surface area contributed by atoms with Crippen LogP contribution >= 0.6 is 12.2 Å². The Kier molecular flexibility index (Phi) is 5.32. The molecule has 26 heavy (non-hydrogen) atoms. The van der Waals surface area contributed by atoms with E-state index in [0.29, 0.717) is 23.0 Å². The van der Waals surface area contributed by atoms with E-state index in [4.69, 9.17) is 17.0 Å². The standard InChI is InChI=1S/C20H19FN2O2S/c1-12-18(13(2)24)19(23-20(26)22-12)15-5-9-17(10-6-15)25-11-14-3-7-16(21)8-4-14/h3-10,19H,11H2,1-2H3,(H2,22,23,26). The van der Waals surface area contributed by atoms with Gasteiger partial charge in [0.05, 0.1) is 6.04 Å². The second-order valence-corrected chi connectivity index (χ2v) is 6.52. The first kappa shape index (κ1) is 18.1. The summed E-state index contributed by atoms with van der Waals surface area (Å²) in [6, 6.07) is 13.4. The summed E-state index contributed by atoms with van der Waals surface area (Å²) in [6.07, 6.45) is 0. The van der Waals surface area contributed by atoms with Crippen molar-refractivity contribution in [2.24, 2.45) is 0 Å². The minimum Gasteiger partial charge on any atom is -0.489 e. The van der Waals surface area contributed by atoms with Crippen LogP contribution in [0.15, 0.2) is 59.8 Å². The largest absolute Gasteiger partial charge is 0.489 e. The smallest absolute Gasteiger partial charge is 0.171 e. The zero-order valence-electron chi connectivity index (χ0n) is 14.5. The number of ketones is 1. The third kappa shape index (κ3) is 4.08. The summed E-state index contributed by atoms with van der Waals surface area (Å²) in [7, 11) is 0. The maximum atomic E-state index is 12.9. The number of ether oxygens (including phenoxy) is 1. The van der Waals surface area contributed by atoms with Crippen LogP contribution in [0.25, 0.3) is 0 Å². The fraction of sp³-hybridized carbons (Fsp3) is 0.200. The predicted octanol–water partition coefficient (Wildman–Crippen LogP) is 3.79. The summed E-state index contributed by atoms with van der Waals surface area (Å²) in [5.41, 5.74) is 3.24. The maximum Gasteiger partial charge on any atom is 0.171 e. The lowest BCUT2D eigenvalue weighted by molar-refractivity contribution is -0.114. The number of nitrogens with one attached hydrogen (secondary N) is 2. The fourth-order valence-corrected chi connectivity index (χ4v) is 3.19. The molecule has 0 amide bonds. The van der Waals surface area contributed by atoms with E-state index in [1.807, 2.05) is 31.2 Å². The van der Waals surface area contributed by atoms with Gasteiger partial charge in [0.1, 0.15) is 18.2 Å². The molecule has 0 saturated carbocycles. The van der Waals surface area contributed by atoms with Gasteiger partial charge in [0.2, 0.25) is 0 Å². The van der Waals surface area contributed by atoms with Crippen molar-refractivity contribution in [3.63, 3.8) is 0 Å². The summed E-state index contributed by atoms with van der Waals surface area (Å²) in [4.78, 5) is 12.0. The molecule has 0 fully saturated rings. The topological polar surface area (TPSA) is 50.4 Å². The number of Topliss-reactive ketones (excluding diaryl/α,β-unsaturated/α-hetero) is 1. The Morgan fingerprint density at radius 2 is 1.81 bits per heavy atom. The van der Waals surface area contributed by atoms with Crippen LogP contribution in [0.4, 0.5) is 4.39 Å². The molecule has 2 aromatic rings. The average Bonchev–Trinajstić information content (AvgIpc) is 2.60. The van der Waals surface area contributed by atoms with Gasteiger partial charge in [-0.3, -0.25) is 4.79 Å². The average molecular weight is 370 g/mol. The maximum absolute atomic E-state index is 12.9. The summed E-state index contributed by atoms with van der Waals surface area (Å²) in [6.45, 7) is 3.74. The number of hydrogen-bond donors (Lipinski definition) is 2. The van der Waals surface area contributed by atoms with Gasteiger partial charge < -0.3 is 15.4 Å². The van der Waals surface area contributed by atoms with E-state index in [0.717, 1.165) is 16.8 Å². The van der Waals surface area contributed by atoms with Gasteiger partial charge in [-0.15, -0.1) is 0 Å². The van der Waals surface area contributed by atoms with Crippen molar-refractivity contribution in [3.05, 3.63) is 76.7 Å². The number of carbonyl (C=O) groups is 1. The number of halogens is 1. The van der Waals surface area contributed by atoms with Crippen molar-refractivity contribution in [1.82, 2.24) is 10.6 Å². The van der Waals surface area contributed by atoms with E-state index in [1.54, 1.807) is 19.1 Å². The minimum absolute atomic E-state index is 0.00774. The Hall–Kier alpha value is -2.73. The second kappa shape index (κ2) is 7.66. The van der Waals surface area contributed by atoms with E-state index in [1.165, 1.54) is 12.1 Å². The molecule has 0 saturated heterocycles. The van der Waals surface area contributed by atoms with Gasteiger partial charge in [0.15, 0.2) is 10.9 Å². The number of carbonyl (C=O) groups excluding carboxylic acids is 1. The Labute approximate surface area is 157 Å². The molecule has 1 aliphatic rings. The van der Waals surface area contributed by atoms with Crippen LogP contribution in [0.1, 0.15) is 31.0 Å². The van der Waals surface area contributed by atoms with Crippen LogP contribution < -0.4 is 15.4 Å². The highest BCUT2D eigenvalue weighted by molar-refractivity contribution is 7.80. The summed E-state index contributed by atoms with van der Waals surface area (Å²) in [5.74, 6) is 0.418. The first-order chi connectivity index (χ1) is 12.4. The lowest BCUT2D eigenvalue weighted by atomic mass is 9.93. The van der Waals surface area contributed by atoms with Crippen LogP contribution in [0.2, 0.25) is 0 Å². The zero-order valence-corrected chi connectivity index (χ0v) is 15.3. The molecule has 1 heterocycles. The van der Waals surface area contributed by atoms with Crippen LogP contribution in [-0.4, -0.2) is 10.9 Å². The molecule has 1 aliphatic heterocycles. The Balaban J connectivity index is 1.74. The van der Waals surface area contributed by atoms with Gasteiger partial charge >= 0.3 is 0 Å². The SMILES string of the molecule is CC(=O)C1=C(C)NC(=S)NC1c1ccc(OCc2ccc(F)cc2)cc1. The lowest BCUT2D eigenvalue weighted by Gasteiger charge is -2.29. The molecule has 3 rings (SSSR count). The Morgan fingerprint density at radius 1 is 1.15 bits per heavy atom. The summed E-state index contributed by atoms with van der Waals surface area (Å²) in [5, 5.41) is 6.63. The molecular weight excluding hydrogens is 351 g/mol. The van der Waals surface area contributed by atoms with E-state index in [-0.39, 0.29) is 17.6 Å². The van der Waals surface area contributed by atoms with Gasteiger partial charge in [-0.25, -0.2) is 4.39 Å². The number of thiocarbonyl (C=S) groups is 1. The summed E-state index contributed by atoms with van der Waals surface area (Å²) >= 11 is 5.21. The molecule has 0 radical (unpaired) electrons. The van der Waals surface area contributed by atoms with E-state index in [9.17, 15) is 9.18 Å². The van der Waals surface area contributed by atoms with E-state index < -0.39 is 0 Å². The van der Waals surface area contributed by atoms with Crippen LogP contribution in [0.3, 0.4) is 0 Å². The first-order valence-corrected chi connectivity index (χ1v) is 8.61. The molecule has 134 valence electrons. The molecule has 0 bridgehead atoms. The third-order valence-corrected chi connectivity index (χ3v) is 4.40. The normalized spacial score (nSPS) is 16.7. The van der Waals surface area contributed by atoms with Crippen molar-refractivity contribution < 1.29 is 13.9 Å². The van der Waals surface area contributed by atoms with Gasteiger partial charge in [-0.05, 0) is 61.5 Å². The van der Waals surface area contributed by atoms with Gasteiger partial charge in [-0.1, -0.05) is 24.3 Å². The monoisotopic (exact) mass is 370 g/mol. The van der Waals surface area contributed by atoms with Crippen molar-refractivity contribution >= 4 is 23.1 Å². The summed E-state index contributed by atoms with van der Waals surface area (Å²) < 4.78 is 18.7. The Bertz CT molecular complexity index is 860. The number of rotatable bonds is 5. The highest BCUT2D eigenvalue weighted by atomic mass is 32.1. The molecule has 4 nitrogen and oxygen atoms in total. The first-order valence-electron chi connectivity index (χ1n) is 8.20. The number of allylic oxidation sites excluding steroid dienone is 1. The number of hydrogen-bond acceptors (Lipinski definition) is 3. The van der Waals surface area contributed by atoms with Crippen molar-refractivity contribution in [1.29, 1.82) is 0 Å². The van der Waals surface area contributed by atoms with Crippen molar-refractivity contribution in [2.45, 2.75) is 26.5 Å². The van der Waals surface area contributed by atoms with E-state index in [2.05, 4.69) is 10.6 Å². The molecule has 0 aliphatic carbocycles. The lowest BCUT2D eigenvalue weighted by Crippen LogP contribution is -2.44. The van der Waals surface area contributed by atoms with Crippen LogP contribution in [0.5, 0.6) is 5.75 Å². The molecule has 1 atom stereocenters. The van der Waals surface area contributed by atoms with E-state index >= 15 is 0 Å². The molecule has 2 aromatic carbocycles. The van der Waals surface area contributed by atoms with Gasteiger partial charge in [0, 0.05) is 11.3 Å². The second-order valence-electron chi connectivity index (χ2n) is 6.11. The quantitative estimate of drug-likeness (QED) is 0.785. The van der Waals surface area contributed by atoms with Gasteiger partial charge in [0.25, 0.3) is 0 Å². The minimum atomic E-state index is -0.285. The van der Waals surface area contributed by atoms with Crippen LogP contribution in [-0.2, 0) is 11.4 Å².